The van der Waals surface area contributed by atoms with Crippen LogP contribution in [0.25, 0.3) is 0 Å². The van der Waals surface area contributed by atoms with E-state index in [2.05, 4.69) is 10.6 Å². The second-order valence-corrected chi connectivity index (χ2v) is 5.60. The van der Waals surface area contributed by atoms with Crippen LogP contribution in [0.15, 0.2) is 12.2 Å². The second-order valence-electron chi connectivity index (χ2n) is 5.60. The third-order valence-corrected chi connectivity index (χ3v) is 3.90. The molecular formula is C15H26N2O3. The first-order chi connectivity index (χ1) is 9.58. The molecule has 114 valence electrons. The van der Waals surface area contributed by atoms with Crippen molar-refractivity contribution in [3.8, 4) is 0 Å². The smallest absolute Gasteiger partial charge is 0.314 e. The van der Waals surface area contributed by atoms with Crippen LogP contribution in [0, 0.1) is 5.41 Å². The highest BCUT2D eigenvalue weighted by molar-refractivity contribution is 5.74. The van der Waals surface area contributed by atoms with Crippen LogP contribution >= 0.6 is 0 Å². The van der Waals surface area contributed by atoms with Crippen molar-refractivity contribution in [1.82, 2.24) is 10.6 Å². The SMILES string of the molecule is C/C=C/CCNC(=O)NCC1(CC(=O)O)CCCCC1. The Balaban J connectivity index is 2.37. The molecule has 0 heterocycles. The van der Waals surface area contributed by atoms with E-state index in [1.54, 1.807) is 0 Å². The first-order valence-electron chi connectivity index (χ1n) is 7.43. The fourth-order valence-electron chi connectivity index (χ4n) is 2.80. The van der Waals surface area contributed by atoms with Crippen molar-refractivity contribution in [3.63, 3.8) is 0 Å². The predicted octanol–water partition coefficient (Wildman–Crippen LogP) is 2.68. The maximum atomic E-state index is 11.7. The summed E-state index contributed by atoms with van der Waals surface area (Å²) in [6.07, 6.45) is 9.94. The molecule has 3 N–H and O–H groups in total. The molecule has 1 rings (SSSR count). The van der Waals surface area contributed by atoms with E-state index in [4.69, 9.17) is 5.11 Å². The van der Waals surface area contributed by atoms with Crippen molar-refractivity contribution in [2.75, 3.05) is 13.1 Å². The van der Waals surface area contributed by atoms with Crippen molar-refractivity contribution >= 4 is 12.0 Å². The number of amides is 2. The number of hydrogen-bond acceptors (Lipinski definition) is 2. The largest absolute Gasteiger partial charge is 0.481 e. The molecule has 5 nitrogen and oxygen atoms in total. The molecule has 0 aromatic carbocycles. The zero-order valence-corrected chi connectivity index (χ0v) is 12.3. The minimum Gasteiger partial charge on any atom is -0.481 e. The van der Waals surface area contributed by atoms with E-state index in [0.717, 1.165) is 38.5 Å². The summed E-state index contributed by atoms with van der Waals surface area (Å²) < 4.78 is 0. The molecule has 0 bridgehead atoms. The maximum Gasteiger partial charge on any atom is 0.314 e. The standard InChI is InChI=1S/C15H26N2O3/c1-2-3-7-10-16-14(20)17-12-15(11-13(18)19)8-5-4-6-9-15/h2-3H,4-12H2,1H3,(H,18,19)(H2,16,17,20)/b3-2+. The molecule has 0 spiro atoms. The summed E-state index contributed by atoms with van der Waals surface area (Å²) in [7, 11) is 0. The van der Waals surface area contributed by atoms with Gasteiger partial charge in [-0.25, -0.2) is 4.79 Å². The van der Waals surface area contributed by atoms with Crippen molar-refractivity contribution in [1.29, 1.82) is 0 Å². The minimum absolute atomic E-state index is 0.145. The van der Waals surface area contributed by atoms with Gasteiger partial charge in [-0.3, -0.25) is 4.79 Å². The Hall–Kier alpha value is -1.52. The lowest BCUT2D eigenvalue weighted by Gasteiger charge is -2.36. The van der Waals surface area contributed by atoms with E-state index in [0.29, 0.717) is 13.1 Å². The van der Waals surface area contributed by atoms with Gasteiger partial charge in [0.25, 0.3) is 0 Å². The zero-order chi connectivity index (χ0) is 14.8. The number of carboxylic acid groups (broad SMARTS) is 1. The van der Waals surface area contributed by atoms with Crippen LogP contribution in [0.4, 0.5) is 4.79 Å². The van der Waals surface area contributed by atoms with Gasteiger partial charge in [0.15, 0.2) is 0 Å². The van der Waals surface area contributed by atoms with E-state index in [-0.39, 0.29) is 17.9 Å². The Labute approximate surface area is 120 Å². The van der Waals surface area contributed by atoms with Crippen LogP contribution in [0.3, 0.4) is 0 Å². The molecule has 0 atom stereocenters. The van der Waals surface area contributed by atoms with Gasteiger partial charge in [0.2, 0.25) is 0 Å². The predicted molar refractivity (Wildman–Crippen MR) is 78.6 cm³/mol. The average Bonchev–Trinajstić information content (AvgIpc) is 2.42. The molecule has 0 radical (unpaired) electrons. The summed E-state index contributed by atoms with van der Waals surface area (Å²) in [6, 6.07) is -0.204. The fraction of sp³-hybridized carbons (Fsp3) is 0.733. The molecule has 20 heavy (non-hydrogen) atoms. The number of hydrogen-bond donors (Lipinski definition) is 3. The summed E-state index contributed by atoms with van der Waals surface area (Å²) in [5, 5.41) is 14.7. The number of nitrogens with one attached hydrogen (secondary N) is 2. The normalized spacial score (nSPS) is 17.9. The Morgan fingerprint density at radius 1 is 1.20 bits per heavy atom. The lowest BCUT2D eigenvalue weighted by molar-refractivity contribution is -0.140. The molecule has 0 aromatic rings. The third-order valence-electron chi connectivity index (χ3n) is 3.90. The molecule has 1 saturated carbocycles. The molecule has 2 amide bonds. The average molecular weight is 282 g/mol. The molecule has 1 fully saturated rings. The van der Waals surface area contributed by atoms with E-state index in [9.17, 15) is 9.59 Å². The monoisotopic (exact) mass is 282 g/mol. The van der Waals surface area contributed by atoms with E-state index >= 15 is 0 Å². The molecular weight excluding hydrogens is 256 g/mol. The molecule has 0 aromatic heterocycles. The quantitative estimate of drug-likeness (QED) is 0.496. The van der Waals surface area contributed by atoms with Crippen molar-refractivity contribution < 1.29 is 14.7 Å². The lowest BCUT2D eigenvalue weighted by atomic mass is 9.72. The Kier molecular flexibility index (Phi) is 7.12. The Bertz CT molecular complexity index is 347. The molecule has 1 aliphatic rings. The topological polar surface area (TPSA) is 78.4 Å². The van der Waals surface area contributed by atoms with Gasteiger partial charge in [-0.05, 0) is 31.6 Å². The van der Waals surface area contributed by atoms with E-state index in [1.807, 2.05) is 19.1 Å². The fourth-order valence-corrected chi connectivity index (χ4v) is 2.80. The van der Waals surface area contributed by atoms with Crippen LogP contribution < -0.4 is 10.6 Å². The number of carbonyl (C=O) groups excluding carboxylic acids is 1. The number of carbonyl (C=O) groups is 2. The van der Waals surface area contributed by atoms with Gasteiger partial charge in [0.05, 0.1) is 6.42 Å². The van der Waals surface area contributed by atoms with Crippen LogP contribution in [0.2, 0.25) is 0 Å². The molecule has 0 unspecified atom stereocenters. The van der Waals surface area contributed by atoms with Crippen LogP contribution in [-0.4, -0.2) is 30.2 Å². The van der Waals surface area contributed by atoms with Gasteiger partial charge in [0.1, 0.15) is 0 Å². The van der Waals surface area contributed by atoms with Gasteiger partial charge >= 0.3 is 12.0 Å². The maximum absolute atomic E-state index is 11.7. The van der Waals surface area contributed by atoms with Gasteiger partial charge in [-0.15, -0.1) is 0 Å². The van der Waals surface area contributed by atoms with Crippen LogP contribution in [0.5, 0.6) is 0 Å². The Morgan fingerprint density at radius 3 is 2.50 bits per heavy atom. The first-order valence-corrected chi connectivity index (χ1v) is 7.43. The van der Waals surface area contributed by atoms with E-state index in [1.165, 1.54) is 0 Å². The summed E-state index contributed by atoms with van der Waals surface area (Å²) in [5.74, 6) is -0.776. The van der Waals surface area contributed by atoms with Gasteiger partial charge in [-0.1, -0.05) is 31.4 Å². The van der Waals surface area contributed by atoms with Gasteiger partial charge < -0.3 is 15.7 Å². The number of carboxylic acids is 1. The van der Waals surface area contributed by atoms with Gasteiger partial charge in [0, 0.05) is 13.1 Å². The number of urea groups is 1. The minimum atomic E-state index is -0.776. The highest BCUT2D eigenvalue weighted by Gasteiger charge is 2.34. The Morgan fingerprint density at radius 2 is 1.90 bits per heavy atom. The summed E-state index contributed by atoms with van der Waals surface area (Å²) in [5.41, 5.74) is -0.259. The van der Waals surface area contributed by atoms with Crippen molar-refractivity contribution in [2.45, 2.75) is 51.9 Å². The molecule has 5 heteroatoms. The molecule has 1 aliphatic carbocycles. The molecule has 0 saturated heterocycles. The van der Waals surface area contributed by atoms with E-state index < -0.39 is 5.97 Å². The third kappa shape index (κ3) is 6.08. The summed E-state index contributed by atoms with van der Waals surface area (Å²) in [4.78, 5) is 22.7. The number of rotatable bonds is 7. The summed E-state index contributed by atoms with van der Waals surface area (Å²) >= 11 is 0. The lowest BCUT2D eigenvalue weighted by Crippen LogP contribution is -2.44. The van der Waals surface area contributed by atoms with Crippen LogP contribution in [0.1, 0.15) is 51.9 Å². The second kappa shape index (κ2) is 8.61. The number of allylic oxidation sites excluding steroid dienone is 1. The highest BCUT2D eigenvalue weighted by atomic mass is 16.4. The highest BCUT2D eigenvalue weighted by Crippen LogP contribution is 2.38. The summed E-state index contributed by atoms with van der Waals surface area (Å²) in [6.45, 7) is 3.00. The number of aliphatic carboxylic acids is 1. The molecule has 0 aliphatic heterocycles. The van der Waals surface area contributed by atoms with Crippen LogP contribution in [-0.2, 0) is 4.79 Å². The first kappa shape index (κ1) is 16.5. The zero-order valence-electron chi connectivity index (χ0n) is 12.3. The van der Waals surface area contributed by atoms with Crippen molar-refractivity contribution in [3.05, 3.63) is 12.2 Å². The van der Waals surface area contributed by atoms with Gasteiger partial charge in [-0.2, -0.15) is 0 Å². The van der Waals surface area contributed by atoms with Crippen molar-refractivity contribution in [2.24, 2.45) is 5.41 Å².